The average molecular weight is 738 g/mol. The lowest BCUT2D eigenvalue weighted by Gasteiger charge is -2.48. The molecule has 9 rings (SSSR count). The van der Waals surface area contributed by atoms with E-state index in [-0.39, 0.29) is 5.41 Å². The molecule has 1 heteroatoms. The molecular weight excluding hydrogens is 687 g/mol. The molecule has 0 saturated carbocycles. The van der Waals surface area contributed by atoms with Gasteiger partial charge in [-0.15, -0.1) is 0 Å². The molecule has 0 unspecified atom stereocenters. The van der Waals surface area contributed by atoms with Crippen LogP contribution in [0.5, 0.6) is 0 Å². The summed E-state index contributed by atoms with van der Waals surface area (Å²) in [4.78, 5) is 2.47. The largest absolute Gasteiger partial charge is 0.310 e. The first-order chi connectivity index (χ1) is 27.7. The summed E-state index contributed by atoms with van der Waals surface area (Å²) in [6.07, 6.45) is 0. The first-order valence-corrected chi connectivity index (χ1v) is 20.1. The van der Waals surface area contributed by atoms with Gasteiger partial charge < -0.3 is 4.90 Å². The highest BCUT2D eigenvalue weighted by atomic mass is 15.2. The van der Waals surface area contributed by atoms with Crippen LogP contribution in [0.3, 0.4) is 0 Å². The van der Waals surface area contributed by atoms with Gasteiger partial charge in [0.2, 0.25) is 0 Å². The first kappa shape index (κ1) is 37.5. The van der Waals surface area contributed by atoms with E-state index in [9.17, 15) is 0 Å². The zero-order valence-corrected chi connectivity index (χ0v) is 34.0. The lowest BCUT2D eigenvalue weighted by atomic mass is 9.60. The van der Waals surface area contributed by atoms with E-state index in [1.54, 1.807) is 0 Å². The highest BCUT2D eigenvalue weighted by Gasteiger charge is 2.48. The van der Waals surface area contributed by atoms with Crippen LogP contribution in [-0.4, -0.2) is 0 Å². The van der Waals surface area contributed by atoms with Gasteiger partial charge in [0.05, 0.1) is 16.8 Å². The van der Waals surface area contributed by atoms with E-state index in [4.69, 9.17) is 0 Å². The van der Waals surface area contributed by atoms with E-state index < -0.39 is 5.41 Å². The lowest BCUT2D eigenvalue weighted by molar-refractivity contribution is 0.586. The van der Waals surface area contributed by atoms with E-state index in [0.717, 1.165) is 5.69 Å². The average Bonchev–Trinajstić information content (AvgIpc) is 3.24. The normalized spacial score (nSPS) is 12.8. The first-order valence-electron chi connectivity index (χ1n) is 20.1. The molecule has 1 heterocycles. The van der Waals surface area contributed by atoms with Gasteiger partial charge in [0.1, 0.15) is 0 Å². The van der Waals surface area contributed by atoms with Gasteiger partial charge in [-0.3, -0.25) is 0 Å². The van der Waals surface area contributed by atoms with Crippen LogP contribution in [0, 0.1) is 20.8 Å². The topological polar surface area (TPSA) is 3.24 Å². The number of rotatable bonds is 5. The third-order valence-electron chi connectivity index (χ3n) is 11.5. The molecule has 8 aromatic carbocycles. The summed E-state index contributed by atoms with van der Waals surface area (Å²) in [6.45, 7) is 13.6. The maximum atomic E-state index is 2.50. The van der Waals surface area contributed by atoms with Gasteiger partial charge in [-0.2, -0.15) is 0 Å². The van der Waals surface area contributed by atoms with Gasteiger partial charge >= 0.3 is 0 Å². The smallest absolute Gasteiger partial charge is 0.0747 e. The number of hydrogen-bond donors (Lipinski definition) is 0. The van der Waals surface area contributed by atoms with Crippen LogP contribution in [-0.2, 0) is 10.8 Å². The molecule has 1 nitrogen and oxygen atoms in total. The van der Waals surface area contributed by atoms with E-state index in [1.165, 1.54) is 78.1 Å². The molecule has 1 aliphatic heterocycles. The number of benzene rings is 8. The van der Waals surface area contributed by atoms with Gasteiger partial charge in [0.15, 0.2) is 0 Å². The van der Waals surface area contributed by atoms with Crippen molar-refractivity contribution in [3.63, 3.8) is 0 Å². The molecule has 0 fully saturated rings. The summed E-state index contributed by atoms with van der Waals surface area (Å²) < 4.78 is 0. The van der Waals surface area contributed by atoms with Crippen molar-refractivity contribution in [2.75, 3.05) is 4.90 Å². The van der Waals surface area contributed by atoms with Gasteiger partial charge in [-0.25, -0.2) is 0 Å². The van der Waals surface area contributed by atoms with Gasteiger partial charge in [0.25, 0.3) is 0 Å². The molecule has 0 N–H and O–H groups in total. The Bertz CT molecular complexity index is 2560. The summed E-state index contributed by atoms with van der Waals surface area (Å²) in [5, 5.41) is 0. The van der Waals surface area contributed by atoms with Crippen LogP contribution in [0.4, 0.5) is 17.1 Å². The molecule has 280 valence electrons. The molecule has 0 amide bonds. The van der Waals surface area contributed by atoms with Gasteiger partial charge in [0, 0.05) is 5.69 Å². The Balaban J connectivity index is 0.000000296. The fourth-order valence-electron chi connectivity index (χ4n) is 8.56. The molecule has 57 heavy (non-hydrogen) atoms. The number of aryl methyl sites for hydroxylation is 3. The molecule has 0 aliphatic carbocycles. The van der Waals surface area contributed by atoms with Crippen molar-refractivity contribution in [2.45, 2.75) is 52.4 Å². The van der Waals surface area contributed by atoms with Crippen molar-refractivity contribution in [1.29, 1.82) is 0 Å². The highest BCUT2D eigenvalue weighted by Crippen LogP contribution is 2.59. The molecule has 0 saturated heterocycles. The van der Waals surface area contributed by atoms with Crippen LogP contribution in [0.2, 0.25) is 0 Å². The standard InChI is InChI=1S/C43H39N.C13H12/c1-30-15-9-11-19-36(30)43(37-20-12-10-16-31(37)2)38-21-13-14-22-40(38)44(41-28-25-34(29-39(41)43)42(3,4)5)35-26-23-33(24-27-35)32-17-7-6-8-18-32;1-11-7-9-13(10-8-11)12-5-3-2-4-6-12/h6-29H,1-5H3;2-10H,1H3. The van der Waals surface area contributed by atoms with Crippen molar-refractivity contribution < 1.29 is 0 Å². The van der Waals surface area contributed by atoms with Crippen LogP contribution in [0.1, 0.15) is 65.3 Å². The fourth-order valence-corrected chi connectivity index (χ4v) is 8.56. The summed E-state index contributed by atoms with van der Waals surface area (Å²) >= 11 is 0. The minimum atomic E-state index is -0.496. The van der Waals surface area contributed by atoms with Crippen molar-refractivity contribution in [3.8, 4) is 22.3 Å². The number of anilines is 3. The van der Waals surface area contributed by atoms with Crippen molar-refractivity contribution in [2.24, 2.45) is 0 Å². The van der Waals surface area contributed by atoms with E-state index in [1.807, 2.05) is 6.07 Å². The predicted octanol–water partition coefficient (Wildman–Crippen LogP) is 15.1. The lowest BCUT2D eigenvalue weighted by Crippen LogP contribution is -2.39. The Hall–Kier alpha value is -6.44. The number of hydrogen-bond acceptors (Lipinski definition) is 1. The summed E-state index contributed by atoms with van der Waals surface area (Å²) in [6, 6.07) is 72.9. The SMILES string of the molecule is Cc1ccc(-c2ccccc2)cc1.Cc1ccccc1C1(c2ccccc2C)c2ccccc2N(c2ccc(-c3ccccc3)cc2)c2ccc(C(C)(C)C)cc21. The van der Waals surface area contributed by atoms with Gasteiger partial charge in [-0.1, -0.05) is 202 Å². The molecule has 0 aromatic heterocycles. The molecule has 8 aromatic rings. The Labute approximate surface area is 340 Å². The Kier molecular flexibility index (Phi) is 10.3. The maximum absolute atomic E-state index is 2.50. The zero-order chi connectivity index (χ0) is 39.6. The summed E-state index contributed by atoms with van der Waals surface area (Å²) in [7, 11) is 0. The molecule has 1 aliphatic rings. The molecule has 0 spiro atoms. The molecular formula is C56H51N. The number of para-hydroxylation sites is 1. The number of fused-ring (bicyclic) bond motifs is 2. The van der Waals surface area contributed by atoms with Crippen molar-refractivity contribution >= 4 is 17.1 Å². The molecule has 0 radical (unpaired) electrons. The fraction of sp³-hybridized carbons (Fsp3) is 0.143. The summed E-state index contributed by atoms with van der Waals surface area (Å²) in [5.74, 6) is 0. The van der Waals surface area contributed by atoms with E-state index in [0.29, 0.717) is 0 Å². The summed E-state index contributed by atoms with van der Waals surface area (Å²) in [5.41, 5.74) is 18.6. The second-order valence-electron chi connectivity index (χ2n) is 16.4. The van der Waals surface area contributed by atoms with Crippen LogP contribution in [0.25, 0.3) is 22.3 Å². The highest BCUT2D eigenvalue weighted by molar-refractivity contribution is 5.90. The minimum absolute atomic E-state index is 0.00262. The van der Waals surface area contributed by atoms with Crippen LogP contribution < -0.4 is 4.90 Å². The Morgan fingerprint density at radius 2 is 0.789 bits per heavy atom. The van der Waals surface area contributed by atoms with E-state index >= 15 is 0 Å². The maximum Gasteiger partial charge on any atom is 0.0747 e. The Morgan fingerprint density at radius 1 is 0.368 bits per heavy atom. The Morgan fingerprint density at radius 3 is 1.30 bits per heavy atom. The number of nitrogens with zero attached hydrogens (tertiary/aromatic N) is 1. The quantitative estimate of drug-likeness (QED) is 0.170. The third kappa shape index (κ3) is 7.11. The van der Waals surface area contributed by atoms with Crippen molar-refractivity contribution in [3.05, 3.63) is 245 Å². The predicted molar refractivity (Wildman–Crippen MR) is 243 cm³/mol. The zero-order valence-electron chi connectivity index (χ0n) is 34.0. The monoisotopic (exact) mass is 737 g/mol. The van der Waals surface area contributed by atoms with Gasteiger partial charge in [-0.05, 0) is 112 Å². The van der Waals surface area contributed by atoms with Crippen molar-refractivity contribution in [1.82, 2.24) is 0 Å². The van der Waals surface area contributed by atoms with Crippen LogP contribution in [0.15, 0.2) is 200 Å². The van der Waals surface area contributed by atoms with Crippen LogP contribution >= 0.6 is 0 Å². The molecule has 0 bridgehead atoms. The second kappa shape index (κ2) is 15.6. The third-order valence-corrected chi connectivity index (χ3v) is 11.5. The molecule has 0 atom stereocenters. The second-order valence-corrected chi connectivity index (χ2v) is 16.4. The van der Waals surface area contributed by atoms with E-state index in [2.05, 4.69) is 241 Å². The minimum Gasteiger partial charge on any atom is -0.310 e.